The van der Waals surface area contributed by atoms with Crippen molar-refractivity contribution in [3.8, 4) is 23.0 Å². The van der Waals surface area contributed by atoms with Crippen LogP contribution in [0.3, 0.4) is 0 Å². The Bertz CT molecular complexity index is 635. The van der Waals surface area contributed by atoms with Gasteiger partial charge in [-0.15, -0.1) is 10.2 Å². The summed E-state index contributed by atoms with van der Waals surface area (Å²) < 4.78 is 0. The number of azo groups is 1. The third kappa shape index (κ3) is 2.86. The third-order valence-electron chi connectivity index (χ3n) is 2.25. The maximum atomic E-state index is 9.52. The van der Waals surface area contributed by atoms with Crippen LogP contribution in [0.15, 0.2) is 40.6 Å². The first-order chi connectivity index (χ1) is 8.97. The van der Waals surface area contributed by atoms with Crippen molar-refractivity contribution in [1.82, 2.24) is 0 Å². The molecule has 0 aliphatic rings. The van der Waals surface area contributed by atoms with Gasteiger partial charge in [0.15, 0.2) is 17.2 Å². The Balaban J connectivity index is 2.41. The number of hydrogen-bond donors (Lipinski definition) is 4. The Labute approximate surface area is 112 Å². The predicted octanol–water partition coefficient (Wildman–Crippen LogP) is 3.58. The number of hydrogen-bond acceptors (Lipinski definition) is 6. The van der Waals surface area contributed by atoms with E-state index in [0.717, 1.165) is 12.1 Å². The van der Waals surface area contributed by atoms with Gasteiger partial charge in [-0.25, -0.2) is 0 Å². The van der Waals surface area contributed by atoms with Crippen molar-refractivity contribution in [2.24, 2.45) is 10.2 Å². The van der Waals surface area contributed by atoms with Crippen LogP contribution in [0.1, 0.15) is 0 Å². The standard InChI is InChI=1S/C12H9ClN2O4/c13-6-1-2-9(17)8(3-6)14-15-12-10(18)4-7(16)5-11(12)19/h1-5,16-19H. The lowest BCUT2D eigenvalue weighted by molar-refractivity contribution is 0.429. The first-order valence-electron chi connectivity index (χ1n) is 5.12. The van der Waals surface area contributed by atoms with Crippen LogP contribution < -0.4 is 0 Å². The number of benzene rings is 2. The van der Waals surface area contributed by atoms with Gasteiger partial charge in [0.1, 0.15) is 17.2 Å². The summed E-state index contributed by atoms with van der Waals surface area (Å²) in [5.74, 6) is -1.34. The molecule has 6 nitrogen and oxygen atoms in total. The number of rotatable bonds is 2. The molecule has 0 radical (unpaired) electrons. The summed E-state index contributed by atoms with van der Waals surface area (Å²) in [5.41, 5.74) is -0.142. The molecule has 0 spiro atoms. The molecular formula is C12H9ClN2O4. The molecule has 0 bridgehead atoms. The van der Waals surface area contributed by atoms with Crippen molar-refractivity contribution >= 4 is 23.0 Å². The van der Waals surface area contributed by atoms with E-state index in [9.17, 15) is 15.3 Å². The average molecular weight is 281 g/mol. The molecule has 0 unspecified atom stereocenters. The molecule has 19 heavy (non-hydrogen) atoms. The largest absolute Gasteiger partial charge is 0.508 e. The fraction of sp³-hybridized carbons (Fsp3) is 0. The Morgan fingerprint density at radius 3 is 2.05 bits per heavy atom. The highest BCUT2D eigenvalue weighted by molar-refractivity contribution is 6.30. The monoisotopic (exact) mass is 280 g/mol. The molecule has 0 aliphatic carbocycles. The molecule has 0 atom stereocenters. The molecule has 7 heteroatoms. The third-order valence-corrected chi connectivity index (χ3v) is 2.48. The van der Waals surface area contributed by atoms with Gasteiger partial charge in [0, 0.05) is 17.2 Å². The van der Waals surface area contributed by atoms with Crippen LogP contribution in [0.5, 0.6) is 23.0 Å². The van der Waals surface area contributed by atoms with Gasteiger partial charge in [-0.2, -0.15) is 0 Å². The molecule has 2 rings (SSSR count). The van der Waals surface area contributed by atoms with E-state index in [1.165, 1.54) is 18.2 Å². The Kier molecular flexibility index (Phi) is 3.43. The van der Waals surface area contributed by atoms with Gasteiger partial charge < -0.3 is 20.4 Å². The molecule has 0 aromatic heterocycles. The first-order valence-corrected chi connectivity index (χ1v) is 5.50. The summed E-state index contributed by atoms with van der Waals surface area (Å²) >= 11 is 5.74. The number of halogens is 1. The molecule has 0 amide bonds. The molecule has 0 fully saturated rings. The maximum absolute atomic E-state index is 9.52. The van der Waals surface area contributed by atoms with Crippen molar-refractivity contribution in [1.29, 1.82) is 0 Å². The molecule has 2 aromatic carbocycles. The Hall–Kier alpha value is -2.47. The Morgan fingerprint density at radius 1 is 0.789 bits per heavy atom. The highest BCUT2D eigenvalue weighted by Gasteiger charge is 2.09. The van der Waals surface area contributed by atoms with E-state index in [2.05, 4.69) is 10.2 Å². The second kappa shape index (κ2) is 5.03. The number of phenols is 4. The lowest BCUT2D eigenvalue weighted by Crippen LogP contribution is -1.73. The quantitative estimate of drug-likeness (QED) is 0.631. The second-order valence-corrected chi connectivity index (χ2v) is 4.10. The van der Waals surface area contributed by atoms with Crippen molar-refractivity contribution in [3.63, 3.8) is 0 Å². The van der Waals surface area contributed by atoms with Gasteiger partial charge in [-0.1, -0.05) is 11.6 Å². The Morgan fingerprint density at radius 2 is 1.42 bits per heavy atom. The maximum Gasteiger partial charge on any atom is 0.169 e. The van der Waals surface area contributed by atoms with Crippen LogP contribution in [-0.4, -0.2) is 20.4 Å². The first kappa shape index (κ1) is 13.0. The zero-order valence-electron chi connectivity index (χ0n) is 9.45. The van der Waals surface area contributed by atoms with Gasteiger partial charge in [-0.3, -0.25) is 0 Å². The zero-order valence-corrected chi connectivity index (χ0v) is 10.2. The highest BCUT2D eigenvalue weighted by atomic mass is 35.5. The molecule has 0 heterocycles. The minimum absolute atomic E-state index is 0.0828. The predicted molar refractivity (Wildman–Crippen MR) is 68.7 cm³/mol. The summed E-state index contributed by atoms with van der Waals surface area (Å²) in [7, 11) is 0. The van der Waals surface area contributed by atoms with Gasteiger partial charge in [0.2, 0.25) is 0 Å². The summed E-state index contributed by atoms with van der Waals surface area (Å²) in [6.45, 7) is 0. The van der Waals surface area contributed by atoms with E-state index in [-0.39, 0.29) is 22.9 Å². The summed E-state index contributed by atoms with van der Waals surface area (Å²) in [4.78, 5) is 0. The number of aromatic hydroxyl groups is 4. The molecule has 2 aromatic rings. The number of phenolic OH excluding ortho intramolecular Hbond substituents is 4. The highest BCUT2D eigenvalue weighted by Crippen LogP contribution is 2.41. The van der Waals surface area contributed by atoms with Gasteiger partial charge in [-0.05, 0) is 18.2 Å². The van der Waals surface area contributed by atoms with Crippen molar-refractivity contribution in [2.75, 3.05) is 0 Å². The molecular weight excluding hydrogens is 272 g/mol. The molecule has 98 valence electrons. The summed E-state index contributed by atoms with van der Waals surface area (Å²) in [6.07, 6.45) is 0. The normalized spacial score (nSPS) is 11.0. The van der Waals surface area contributed by atoms with E-state index >= 15 is 0 Å². The average Bonchev–Trinajstić information content (AvgIpc) is 2.32. The van der Waals surface area contributed by atoms with Crippen LogP contribution in [0.2, 0.25) is 5.02 Å². The lowest BCUT2D eigenvalue weighted by atomic mass is 10.2. The lowest BCUT2D eigenvalue weighted by Gasteiger charge is -2.02. The zero-order chi connectivity index (χ0) is 14.0. The van der Waals surface area contributed by atoms with Crippen LogP contribution in [0, 0.1) is 0 Å². The van der Waals surface area contributed by atoms with Crippen LogP contribution in [0.25, 0.3) is 0 Å². The summed E-state index contributed by atoms with van der Waals surface area (Å²) in [6, 6.07) is 6.20. The van der Waals surface area contributed by atoms with E-state index in [1.54, 1.807) is 0 Å². The van der Waals surface area contributed by atoms with Crippen molar-refractivity contribution in [3.05, 3.63) is 35.4 Å². The smallest absolute Gasteiger partial charge is 0.169 e. The fourth-order valence-electron chi connectivity index (χ4n) is 1.37. The van der Waals surface area contributed by atoms with Crippen LogP contribution in [0.4, 0.5) is 11.4 Å². The molecule has 4 N–H and O–H groups in total. The van der Waals surface area contributed by atoms with Crippen molar-refractivity contribution < 1.29 is 20.4 Å². The van der Waals surface area contributed by atoms with E-state index in [1.807, 2.05) is 0 Å². The topological polar surface area (TPSA) is 106 Å². The molecule has 0 saturated carbocycles. The van der Waals surface area contributed by atoms with Gasteiger partial charge in [0.05, 0.1) is 0 Å². The van der Waals surface area contributed by atoms with Gasteiger partial charge in [0.25, 0.3) is 0 Å². The van der Waals surface area contributed by atoms with Crippen LogP contribution >= 0.6 is 11.6 Å². The summed E-state index contributed by atoms with van der Waals surface area (Å²) in [5, 5.41) is 45.3. The van der Waals surface area contributed by atoms with E-state index in [0.29, 0.717) is 5.02 Å². The SMILES string of the molecule is Oc1cc(O)c(N=Nc2cc(Cl)ccc2O)c(O)c1. The van der Waals surface area contributed by atoms with E-state index in [4.69, 9.17) is 16.7 Å². The number of nitrogens with zero attached hydrogens (tertiary/aromatic N) is 2. The minimum atomic E-state index is -0.442. The minimum Gasteiger partial charge on any atom is -0.508 e. The molecule has 0 saturated heterocycles. The van der Waals surface area contributed by atoms with Crippen molar-refractivity contribution in [2.45, 2.75) is 0 Å². The second-order valence-electron chi connectivity index (χ2n) is 3.67. The molecule has 0 aliphatic heterocycles. The fourth-order valence-corrected chi connectivity index (χ4v) is 1.54. The van der Waals surface area contributed by atoms with Crippen LogP contribution in [-0.2, 0) is 0 Å². The van der Waals surface area contributed by atoms with E-state index < -0.39 is 11.5 Å². The van der Waals surface area contributed by atoms with Gasteiger partial charge >= 0.3 is 0 Å².